The van der Waals surface area contributed by atoms with Crippen LogP contribution in [0.2, 0.25) is 0 Å². The second kappa shape index (κ2) is 12.5. The number of ether oxygens (including phenoxy) is 5. The SMILES string of the molecule is CC(C)(C)C(=O)OC1[C@@H](OC(=O)C(C)(C)C)[C@H](OC(=O)C(C)(C)C)C(O)[C@H](OC(=O)C(C)(C)C)[C@H]1OC(=O)C(C)(C)C. The Morgan fingerprint density at radius 2 is 0.500 bits per heavy atom. The third-order valence-corrected chi connectivity index (χ3v) is 6.25. The van der Waals surface area contributed by atoms with Crippen molar-refractivity contribution >= 4 is 29.8 Å². The van der Waals surface area contributed by atoms with E-state index in [9.17, 15) is 29.1 Å². The molecule has 1 aliphatic rings. The molecule has 0 aromatic heterocycles. The van der Waals surface area contributed by atoms with Gasteiger partial charge in [0.1, 0.15) is 6.10 Å². The molecule has 0 aromatic rings. The van der Waals surface area contributed by atoms with E-state index in [0.717, 1.165) is 0 Å². The summed E-state index contributed by atoms with van der Waals surface area (Å²) in [6.07, 6.45) is -10.1. The molecule has 0 aliphatic heterocycles. The van der Waals surface area contributed by atoms with Gasteiger partial charge in [-0.1, -0.05) is 0 Å². The average molecular weight is 601 g/mol. The van der Waals surface area contributed by atoms with Gasteiger partial charge in [-0.2, -0.15) is 0 Å². The average Bonchev–Trinajstić information content (AvgIpc) is 2.77. The molecule has 0 saturated heterocycles. The predicted octanol–water partition coefficient (Wildman–Crippen LogP) is 4.15. The van der Waals surface area contributed by atoms with Gasteiger partial charge < -0.3 is 28.8 Å². The number of hydrogen-bond acceptors (Lipinski definition) is 11. The first kappa shape index (κ1) is 37.3. The normalized spacial score (nSPS) is 25.6. The molecule has 1 fully saturated rings. The largest absolute Gasteiger partial charge is 0.455 e. The zero-order chi connectivity index (χ0) is 33.4. The van der Waals surface area contributed by atoms with Crippen LogP contribution < -0.4 is 0 Å². The van der Waals surface area contributed by atoms with E-state index in [4.69, 9.17) is 23.7 Å². The van der Waals surface area contributed by atoms with Crippen LogP contribution in [0.1, 0.15) is 104 Å². The Hall–Kier alpha value is -2.69. The van der Waals surface area contributed by atoms with Crippen molar-refractivity contribution in [2.24, 2.45) is 27.1 Å². The Labute approximate surface area is 250 Å². The third kappa shape index (κ3) is 9.67. The molecule has 0 spiro atoms. The number of aliphatic hydroxyl groups excluding tert-OH is 1. The Morgan fingerprint density at radius 3 is 0.667 bits per heavy atom. The second-order valence-electron chi connectivity index (χ2n) is 16.1. The highest BCUT2D eigenvalue weighted by molar-refractivity contribution is 5.79. The lowest BCUT2D eigenvalue weighted by molar-refractivity contribution is -0.264. The molecule has 42 heavy (non-hydrogen) atoms. The first-order valence-corrected chi connectivity index (χ1v) is 14.2. The van der Waals surface area contributed by atoms with Gasteiger partial charge in [-0.05, 0) is 104 Å². The maximum Gasteiger partial charge on any atom is 0.311 e. The fourth-order valence-electron chi connectivity index (χ4n) is 3.31. The zero-order valence-corrected chi connectivity index (χ0v) is 28.0. The summed E-state index contributed by atoms with van der Waals surface area (Å²) in [6.45, 7) is 23.8. The summed E-state index contributed by atoms with van der Waals surface area (Å²) < 4.78 is 28.9. The van der Waals surface area contributed by atoms with Gasteiger partial charge in [-0.25, -0.2) is 0 Å². The van der Waals surface area contributed by atoms with Gasteiger partial charge in [0.15, 0.2) is 30.5 Å². The highest BCUT2D eigenvalue weighted by atomic mass is 16.7. The van der Waals surface area contributed by atoms with Crippen molar-refractivity contribution in [3.8, 4) is 0 Å². The fourth-order valence-corrected chi connectivity index (χ4v) is 3.31. The molecule has 11 heteroatoms. The lowest BCUT2D eigenvalue weighted by atomic mass is 9.82. The van der Waals surface area contributed by atoms with Gasteiger partial charge in [-0.3, -0.25) is 24.0 Å². The van der Waals surface area contributed by atoms with E-state index >= 15 is 0 Å². The van der Waals surface area contributed by atoms with E-state index < -0.39 is 93.5 Å². The van der Waals surface area contributed by atoms with Gasteiger partial charge in [0.2, 0.25) is 0 Å². The number of hydrogen-bond donors (Lipinski definition) is 1. The highest BCUT2D eigenvalue weighted by Crippen LogP contribution is 2.37. The molecule has 0 aromatic carbocycles. The maximum absolute atomic E-state index is 13.3. The molecule has 242 valence electrons. The van der Waals surface area contributed by atoms with Gasteiger partial charge in [-0.15, -0.1) is 0 Å². The van der Waals surface area contributed by atoms with E-state index in [-0.39, 0.29) is 0 Å². The third-order valence-electron chi connectivity index (χ3n) is 6.25. The second-order valence-corrected chi connectivity index (χ2v) is 16.1. The molecule has 0 amide bonds. The van der Waals surface area contributed by atoms with Gasteiger partial charge in [0, 0.05) is 0 Å². The minimum Gasteiger partial charge on any atom is -0.455 e. The van der Waals surface area contributed by atoms with Gasteiger partial charge in [0.25, 0.3) is 0 Å². The summed E-state index contributed by atoms with van der Waals surface area (Å²) in [7, 11) is 0. The molecule has 1 N–H and O–H groups in total. The summed E-state index contributed by atoms with van der Waals surface area (Å²) >= 11 is 0. The van der Waals surface area contributed by atoms with Crippen LogP contribution >= 0.6 is 0 Å². The molecule has 1 saturated carbocycles. The van der Waals surface area contributed by atoms with E-state index in [2.05, 4.69) is 0 Å². The molecular weight excluding hydrogens is 548 g/mol. The van der Waals surface area contributed by atoms with Crippen LogP contribution in [0.15, 0.2) is 0 Å². The quantitative estimate of drug-likeness (QED) is 0.358. The number of esters is 5. The van der Waals surface area contributed by atoms with E-state index in [1.54, 1.807) is 104 Å². The molecular formula is C31H52O11. The van der Waals surface area contributed by atoms with Crippen LogP contribution in [0.4, 0.5) is 0 Å². The standard InChI is InChI=1S/C31H52O11/c1-27(2,3)22(33)38-17-16(32)18(39-23(34)28(4,5)6)20(41-25(36)30(10,11)12)21(42-26(37)31(13,14)15)19(17)40-24(35)29(7,8)9/h16-21,32H,1-15H3/t16?,17-,18+,19+,20-,21?. The fraction of sp³-hybridized carbons (Fsp3) is 0.839. The van der Waals surface area contributed by atoms with Crippen LogP contribution in [-0.4, -0.2) is 71.6 Å². The number of rotatable bonds is 5. The molecule has 6 atom stereocenters. The number of aliphatic hydroxyl groups is 1. The van der Waals surface area contributed by atoms with E-state index in [0.29, 0.717) is 0 Å². The first-order chi connectivity index (χ1) is 18.5. The summed E-state index contributed by atoms with van der Waals surface area (Å²) in [6, 6.07) is 0. The molecule has 2 unspecified atom stereocenters. The molecule has 0 heterocycles. The molecule has 1 rings (SSSR count). The lowest BCUT2D eigenvalue weighted by Crippen LogP contribution is -2.69. The maximum atomic E-state index is 13.3. The minimum atomic E-state index is -1.84. The highest BCUT2D eigenvalue weighted by Gasteiger charge is 2.61. The Kier molecular flexibility index (Phi) is 11.1. The molecule has 11 nitrogen and oxygen atoms in total. The van der Waals surface area contributed by atoms with Crippen LogP contribution in [-0.2, 0) is 47.7 Å². The Morgan fingerprint density at radius 1 is 0.357 bits per heavy atom. The lowest BCUT2D eigenvalue weighted by Gasteiger charge is -2.48. The smallest absolute Gasteiger partial charge is 0.311 e. The van der Waals surface area contributed by atoms with Crippen molar-refractivity contribution in [1.29, 1.82) is 0 Å². The van der Waals surface area contributed by atoms with E-state index in [1.165, 1.54) is 0 Å². The van der Waals surface area contributed by atoms with Crippen LogP contribution in [0.3, 0.4) is 0 Å². The first-order valence-electron chi connectivity index (χ1n) is 14.2. The minimum absolute atomic E-state index is 0.764. The van der Waals surface area contributed by atoms with Crippen LogP contribution in [0.25, 0.3) is 0 Å². The van der Waals surface area contributed by atoms with Crippen molar-refractivity contribution in [3.63, 3.8) is 0 Å². The molecule has 1 aliphatic carbocycles. The zero-order valence-electron chi connectivity index (χ0n) is 28.0. The van der Waals surface area contributed by atoms with Crippen molar-refractivity contribution in [3.05, 3.63) is 0 Å². The summed E-state index contributed by atoms with van der Waals surface area (Å²) in [5.74, 6) is -3.83. The van der Waals surface area contributed by atoms with E-state index in [1.807, 2.05) is 0 Å². The predicted molar refractivity (Wildman–Crippen MR) is 153 cm³/mol. The van der Waals surface area contributed by atoms with Crippen molar-refractivity contribution in [2.75, 3.05) is 0 Å². The summed E-state index contributed by atoms with van der Waals surface area (Å²) in [4.78, 5) is 65.9. The monoisotopic (exact) mass is 600 g/mol. The van der Waals surface area contributed by atoms with Crippen LogP contribution in [0.5, 0.6) is 0 Å². The summed E-state index contributed by atoms with van der Waals surface area (Å²) in [5.41, 5.74) is -5.29. The number of carbonyl (C=O) groups excluding carboxylic acids is 5. The van der Waals surface area contributed by atoms with Gasteiger partial charge in [0.05, 0.1) is 27.1 Å². The Bertz CT molecular complexity index is 958. The molecule has 0 radical (unpaired) electrons. The van der Waals surface area contributed by atoms with Crippen LogP contribution in [0, 0.1) is 27.1 Å². The Balaban J connectivity index is 4.00. The van der Waals surface area contributed by atoms with Crippen molar-refractivity contribution in [1.82, 2.24) is 0 Å². The number of carbonyl (C=O) groups is 5. The van der Waals surface area contributed by atoms with Crippen molar-refractivity contribution < 1.29 is 52.8 Å². The topological polar surface area (TPSA) is 152 Å². The van der Waals surface area contributed by atoms with Gasteiger partial charge >= 0.3 is 29.8 Å². The van der Waals surface area contributed by atoms with Crippen molar-refractivity contribution in [2.45, 2.75) is 140 Å². The molecule has 0 bridgehead atoms. The summed E-state index contributed by atoms with van der Waals surface area (Å²) in [5, 5.41) is 11.7.